The lowest BCUT2D eigenvalue weighted by Crippen LogP contribution is -2.46. The molecule has 1 fully saturated rings. The predicted molar refractivity (Wildman–Crippen MR) is 61.2 cm³/mol. The summed E-state index contributed by atoms with van der Waals surface area (Å²) in [6.45, 7) is 0. The van der Waals surface area contributed by atoms with Gasteiger partial charge in [-0.3, -0.25) is 4.79 Å². The van der Waals surface area contributed by atoms with E-state index in [0.29, 0.717) is 18.6 Å². The third-order valence-corrected chi connectivity index (χ3v) is 2.90. The molecule has 0 unspecified atom stereocenters. The highest BCUT2D eigenvalue weighted by molar-refractivity contribution is 5.97. The molecule has 0 heterocycles. The Morgan fingerprint density at radius 1 is 1.47 bits per heavy atom. The number of phenols is 1. The average molecular weight is 237 g/mol. The summed E-state index contributed by atoms with van der Waals surface area (Å²) in [6, 6.07) is 4.52. The number of rotatable bonds is 3. The minimum absolute atomic E-state index is 0.000924. The molecule has 0 saturated heterocycles. The van der Waals surface area contributed by atoms with Crippen LogP contribution >= 0.6 is 0 Å². The summed E-state index contributed by atoms with van der Waals surface area (Å²) < 4.78 is 4.93. The second-order valence-electron chi connectivity index (χ2n) is 4.18. The van der Waals surface area contributed by atoms with Crippen LogP contribution in [0.25, 0.3) is 0 Å². The molecule has 0 atom stereocenters. The molecule has 92 valence electrons. The summed E-state index contributed by atoms with van der Waals surface area (Å²) in [5.74, 6) is 0.0573. The van der Waals surface area contributed by atoms with Crippen LogP contribution in [0, 0.1) is 0 Å². The minimum atomic E-state index is -0.331. The number of carbonyl (C=O) groups is 1. The van der Waals surface area contributed by atoms with E-state index in [0.717, 1.165) is 0 Å². The van der Waals surface area contributed by atoms with Crippen molar-refractivity contribution in [1.29, 1.82) is 0 Å². The number of aliphatic hydroxyl groups excluding tert-OH is 1. The summed E-state index contributed by atoms with van der Waals surface area (Å²) in [5, 5.41) is 21.5. The number of ether oxygens (including phenoxy) is 1. The Hall–Kier alpha value is -1.75. The van der Waals surface area contributed by atoms with Crippen molar-refractivity contribution in [1.82, 2.24) is 5.32 Å². The Balaban J connectivity index is 2.03. The van der Waals surface area contributed by atoms with Gasteiger partial charge in [0.15, 0.2) is 0 Å². The molecular formula is C12H15NO4. The maximum absolute atomic E-state index is 11.8. The van der Waals surface area contributed by atoms with Gasteiger partial charge in [0.1, 0.15) is 11.5 Å². The fourth-order valence-electron chi connectivity index (χ4n) is 1.80. The topological polar surface area (TPSA) is 78.8 Å². The molecule has 1 aliphatic rings. The van der Waals surface area contributed by atoms with Crippen molar-refractivity contribution >= 4 is 5.91 Å². The van der Waals surface area contributed by atoms with Gasteiger partial charge in [-0.15, -0.1) is 0 Å². The molecule has 1 aliphatic carbocycles. The number of phenolic OH excluding ortho intramolecular Hbond substituents is 1. The van der Waals surface area contributed by atoms with Crippen molar-refractivity contribution in [3.63, 3.8) is 0 Å². The van der Waals surface area contributed by atoms with E-state index in [9.17, 15) is 9.90 Å². The van der Waals surface area contributed by atoms with Gasteiger partial charge < -0.3 is 20.3 Å². The van der Waals surface area contributed by atoms with Crippen LogP contribution in [-0.2, 0) is 0 Å². The zero-order valence-electron chi connectivity index (χ0n) is 9.51. The van der Waals surface area contributed by atoms with Crippen LogP contribution in [0.2, 0.25) is 0 Å². The molecule has 0 radical (unpaired) electrons. The number of hydrogen-bond donors (Lipinski definition) is 3. The fraction of sp³-hybridized carbons (Fsp3) is 0.417. The van der Waals surface area contributed by atoms with E-state index in [1.54, 1.807) is 6.07 Å². The Bertz CT molecular complexity index is 427. The van der Waals surface area contributed by atoms with Crippen LogP contribution < -0.4 is 10.1 Å². The third-order valence-electron chi connectivity index (χ3n) is 2.90. The summed E-state index contributed by atoms with van der Waals surface area (Å²) in [5.41, 5.74) is 0.215. The number of carbonyl (C=O) groups excluding carboxylic acids is 1. The van der Waals surface area contributed by atoms with E-state index in [-0.39, 0.29) is 29.4 Å². The van der Waals surface area contributed by atoms with Crippen LogP contribution in [0.5, 0.6) is 11.5 Å². The van der Waals surface area contributed by atoms with Gasteiger partial charge in [0.25, 0.3) is 5.91 Å². The van der Waals surface area contributed by atoms with Crippen LogP contribution in [-0.4, -0.2) is 35.4 Å². The van der Waals surface area contributed by atoms with Gasteiger partial charge >= 0.3 is 0 Å². The summed E-state index contributed by atoms with van der Waals surface area (Å²) in [4.78, 5) is 11.8. The molecule has 5 nitrogen and oxygen atoms in total. The lowest BCUT2D eigenvalue weighted by molar-refractivity contribution is 0.0562. The molecule has 0 spiro atoms. The van der Waals surface area contributed by atoms with Gasteiger partial charge in [-0.2, -0.15) is 0 Å². The van der Waals surface area contributed by atoms with Crippen LogP contribution in [0.1, 0.15) is 23.2 Å². The van der Waals surface area contributed by atoms with E-state index in [1.807, 2.05) is 0 Å². The molecule has 1 aromatic carbocycles. The van der Waals surface area contributed by atoms with Crippen LogP contribution in [0.4, 0.5) is 0 Å². The number of amides is 1. The highest BCUT2D eigenvalue weighted by Gasteiger charge is 2.29. The maximum Gasteiger partial charge on any atom is 0.255 e. The molecule has 1 aromatic rings. The van der Waals surface area contributed by atoms with E-state index in [1.165, 1.54) is 19.2 Å². The SMILES string of the molecule is COc1ccc(C(=O)NC2CC(O)C2)c(O)c1. The van der Waals surface area contributed by atoms with Gasteiger partial charge in [-0.1, -0.05) is 0 Å². The van der Waals surface area contributed by atoms with Crippen molar-refractivity contribution in [2.45, 2.75) is 25.0 Å². The normalized spacial score (nSPS) is 22.7. The molecule has 1 amide bonds. The second-order valence-corrected chi connectivity index (χ2v) is 4.18. The largest absolute Gasteiger partial charge is 0.507 e. The monoisotopic (exact) mass is 237 g/mol. The van der Waals surface area contributed by atoms with E-state index >= 15 is 0 Å². The molecule has 5 heteroatoms. The van der Waals surface area contributed by atoms with Crippen molar-refractivity contribution in [3.8, 4) is 11.5 Å². The fourth-order valence-corrected chi connectivity index (χ4v) is 1.80. The average Bonchev–Trinajstić information content (AvgIpc) is 2.26. The summed E-state index contributed by atoms with van der Waals surface area (Å²) in [6.07, 6.45) is 0.829. The first-order valence-electron chi connectivity index (χ1n) is 5.46. The number of aromatic hydroxyl groups is 1. The number of benzene rings is 1. The van der Waals surface area contributed by atoms with Crippen molar-refractivity contribution in [2.75, 3.05) is 7.11 Å². The quantitative estimate of drug-likeness (QED) is 0.721. The van der Waals surface area contributed by atoms with E-state index < -0.39 is 0 Å². The molecule has 17 heavy (non-hydrogen) atoms. The highest BCUT2D eigenvalue weighted by atomic mass is 16.5. The molecule has 0 bridgehead atoms. The Labute approximate surface area is 99.0 Å². The lowest BCUT2D eigenvalue weighted by atomic mass is 9.89. The molecule has 1 saturated carbocycles. The first kappa shape index (κ1) is 11.7. The maximum atomic E-state index is 11.8. The third kappa shape index (κ3) is 2.50. The van der Waals surface area contributed by atoms with Crippen LogP contribution in [0.15, 0.2) is 18.2 Å². The van der Waals surface area contributed by atoms with Gasteiger partial charge in [-0.05, 0) is 25.0 Å². The first-order chi connectivity index (χ1) is 8.10. The van der Waals surface area contributed by atoms with Crippen LogP contribution in [0.3, 0.4) is 0 Å². The Morgan fingerprint density at radius 2 is 2.18 bits per heavy atom. The van der Waals surface area contributed by atoms with Crippen molar-refractivity contribution < 1.29 is 19.7 Å². The number of hydrogen-bond acceptors (Lipinski definition) is 4. The predicted octanol–water partition coefficient (Wildman–Crippen LogP) is 0.654. The number of nitrogens with one attached hydrogen (secondary N) is 1. The summed E-state index contributed by atoms with van der Waals surface area (Å²) >= 11 is 0. The Kier molecular flexibility index (Phi) is 3.19. The van der Waals surface area contributed by atoms with Gasteiger partial charge in [0.05, 0.1) is 18.8 Å². The smallest absolute Gasteiger partial charge is 0.255 e. The van der Waals surface area contributed by atoms with Crippen molar-refractivity contribution in [3.05, 3.63) is 23.8 Å². The molecule has 0 aliphatic heterocycles. The standard InChI is InChI=1S/C12H15NO4/c1-17-9-2-3-10(11(15)6-9)12(16)13-7-4-8(14)5-7/h2-3,6-8,14-15H,4-5H2,1H3,(H,13,16). The zero-order valence-corrected chi connectivity index (χ0v) is 9.51. The molecule has 0 aromatic heterocycles. The molecule has 3 N–H and O–H groups in total. The zero-order chi connectivity index (χ0) is 12.4. The summed E-state index contributed by atoms with van der Waals surface area (Å²) in [7, 11) is 1.49. The second kappa shape index (κ2) is 4.63. The molecular weight excluding hydrogens is 222 g/mol. The Morgan fingerprint density at radius 3 is 2.71 bits per heavy atom. The minimum Gasteiger partial charge on any atom is -0.507 e. The van der Waals surface area contributed by atoms with Crippen molar-refractivity contribution in [2.24, 2.45) is 0 Å². The first-order valence-corrected chi connectivity index (χ1v) is 5.46. The van der Waals surface area contributed by atoms with E-state index in [4.69, 9.17) is 9.84 Å². The van der Waals surface area contributed by atoms with Gasteiger partial charge in [0.2, 0.25) is 0 Å². The lowest BCUT2D eigenvalue weighted by Gasteiger charge is -2.31. The number of aliphatic hydroxyl groups is 1. The van der Waals surface area contributed by atoms with Gasteiger partial charge in [0, 0.05) is 12.1 Å². The van der Waals surface area contributed by atoms with Gasteiger partial charge in [-0.25, -0.2) is 0 Å². The van der Waals surface area contributed by atoms with E-state index in [2.05, 4.69) is 5.32 Å². The highest BCUT2D eigenvalue weighted by Crippen LogP contribution is 2.25. The number of methoxy groups -OCH3 is 1. The molecule has 2 rings (SSSR count).